The minimum absolute atomic E-state index is 0.0280. The van der Waals surface area contributed by atoms with Crippen LogP contribution < -0.4 is 10.6 Å². The minimum atomic E-state index is -0.0280. The van der Waals surface area contributed by atoms with E-state index in [0.717, 1.165) is 31.7 Å². The van der Waals surface area contributed by atoms with Crippen LogP contribution in [-0.4, -0.2) is 13.1 Å². The maximum absolute atomic E-state index is 6.02. The molecule has 104 valence electrons. The van der Waals surface area contributed by atoms with Crippen molar-refractivity contribution in [1.29, 1.82) is 0 Å². The predicted molar refractivity (Wildman–Crippen MR) is 78.8 cm³/mol. The number of hydrogen-bond donors (Lipinski definition) is 2. The van der Waals surface area contributed by atoms with Crippen molar-refractivity contribution in [3.8, 4) is 0 Å². The third kappa shape index (κ3) is 3.10. The molecule has 3 nitrogen and oxygen atoms in total. The van der Waals surface area contributed by atoms with E-state index in [1.807, 2.05) is 6.20 Å². The largest absolute Gasteiger partial charge is 0.468 e. The number of nitrogens with one attached hydrogen (secondary N) is 2. The Morgan fingerprint density at radius 2 is 1.84 bits per heavy atom. The molecular formula is C16H24N2O. The summed E-state index contributed by atoms with van der Waals surface area (Å²) in [5.74, 6) is 0.986. The Morgan fingerprint density at radius 1 is 1.16 bits per heavy atom. The summed E-state index contributed by atoms with van der Waals surface area (Å²) in [6.45, 7) is 8.23. The highest BCUT2D eigenvalue weighted by Gasteiger charge is 2.23. The molecule has 1 aromatic rings. The van der Waals surface area contributed by atoms with Crippen molar-refractivity contribution in [2.24, 2.45) is 0 Å². The summed E-state index contributed by atoms with van der Waals surface area (Å²) in [5, 5.41) is 6.64. The van der Waals surface area contributed by atoms with E-state index in [-0.39, 0.29) is 6.23 Å². The number of aryl methyl sites for hydroxylation is 2. The van der Waals surface area contributed by atoms with Crippen LogP contribution in [0.2, 0.25) is 0 Å². The van der Waals surface area contributed by atoms with Crippen molar-refractivity contribution < 1.29 is 4.74 Å². The fourth-order valence-corrected chi connectivity index (χ4v) is 2.49. The molecule has 0 aromatic heterocycles. The van der Waals surface area contributed by atoms with Gasteiger partial charge in [0.2, 0.25) is 0 Å². The van der Waals surface area contributed by atoms with Gasteiger partial charge in [-0.05, 0) is 30.5 Å². The summed E-state index contributed by atoms with van der Waals surface area (Å²) in [5.41, 5.74) is 4.06. The SMILES string of the molecule is CCNCC1=CNC(c2c(CC)cccc2CC)O1. The van der Waals surface area contributed by atoms with E-state index in [2.05, 4.69) is 49.6 Å². The Bertz CT molecular complexity index is 432. The van der Waals surface area contributed by atoms with Gasteiger partial charge in [-0.1, -0.05) is 39.0 Å². The lowest BCUT2D eigenvalue weighted by atomic mass is 9.96. The summed E-state index contributed by atoms with van der Waals surface area (Å²) >= 11 is 0. The van der Waals surface area contributed by atoms with Gasteiger partial charge in [0.25, 0.3) is 0 Å². The van der Waals surface area contributed by atoms with Crippen molar-refractivity contribution >= 4 is 0 Å². The maximum atomic E-state index is 6.02. The average Bonchev–Trinajstić information content (AvgIpc) is 2.92. The molecular weight excluding hydrogens is 236 g/mol. The van der Waals surface area contributed by atoms with Crippen LogP contribution in [0.5, 0.6) is 0 Å². The van der Waals surface area contributed by atoms with Crippen LogP contribution in [-0.2, 0) is 17.6 Å². The van der Waals surface area contributed by atoms with Gasteiger partial charge in [0, 0.05) is 11.8 Å². The molecule has 1 heterocycles. The molecule has 1 aromatic carbocycles. The van der Waals surface area contributed by atoms with E-state index < -0.39 is 0 Å². The number of benzene rings is 1. The normalized spacial score (nSPS) is 17.8. The zero-order chi connectivity index (χ0) is 13.7. The second-order valence-corrected chi connectivity index (χ2v) is 4.75. The lowest BCUT2D eigenvalue weighted by Gasteiger charge is -2.20. The molecule has 1 unspecified atom stereocenters. The second kappa shape index (κ2) is 6.62. The zero-order valence-electron chi connectivity index (χ0n) is 12.1. The van der Waals surface area contributed by atoms with Crippen molar-refractivity contribution in [2.45, 2.75) is 39.8 Å². The standard InChI is InChI=1S/C16H24N2O/c1-4-12-8-7-9-13(5-2)15(12)16-18-11-14(19-16)10-17-6-3/h7-9,11,16-18H,4-6,10H2,1-3H3. The van der Waals surface area contributed by atoms with Gasteiger partial charge < -0.3 is 15.4 Å². The highest BCUT2D eigenvalue weighted by Crippen LogP contribution is 2.29. The first-order valence-electron chi connectivity index (χ1n) is 7.23. The van der Waals surface area contributed by atoms with Gasteiger partial charge in [-0.15, -0.1) is 0 Å². The number of ether oxygens (including phenoxy) is 1. The van der Waals surface area contributed by atoms with E-state index in [1.165, 1.54) is 16.7 Å². The van der Waals surface area contributed by atoms with Gasteiger partial charge >= 0.3 is 0 Å². The van der Waals surface area contributed by atoms with E-state index in [9.17, 15) is 0 Å². The summed E-state index contributed by atoms with van der Waals surface area (Å²) in [6, 6.07) is 6.53. The van der Waals surface area contributed by atoms with Crippen LogP contribution in [0, 0.1) is 0 Å². The summed E-state index contributed by atoms with van der Waals surface area (Å²) in [7, 11) is 0. The Hall–Kier alpha value is -1.48. The van der Waals surface area contributed by atoms with Crippen molar-refractivity contribution in [1.82, 2.24) is 10.6 Å². The topological polar surface area (TPSA) is 33.3 Å². The van der Waals surface area contributed by atoms with E-state index >= 15 is 0 Å². The highest BCUT2D eigenvalue weighted by atomic mass is 16.5. The first kappa shape index (κ1) is 13.9. The summed E-state index contributed by atoms with van der Waals surface area (Å²) < 4.78 is 6.02. The average molecular weight is 260 g/mol. The molecule has 1 aliphatic heterocycles. The van der Waals surface area contributed by atoms with Crippen LogP contribution in [0.4, 0.5) is 0 Å². The minimum Gasteiger partial charge on any atom is -0.468 e. The van der Waals surface area contributed by atoms with Gasteiger partial charge in [0.15, 0.2) is 6.23 Å². The molecule has 1 atom stereocenters. The van der Waals surface area contributed by atoms with Crippen LogP contribution in [0.3, 0.4) is 0 Å². The van der Waals surface area contributed by atoms with Crippen molar-refractivity contribution in [3.05, 3.63) is 46.8 Å². The van der Waals surface area contributed by atoms with Crippen LogP contribution >= 0.6 is 0 Å². The molecule has 19 heavy (non-hydrogen) atoms. The van der Waals surface area contributed by atoms with Gasteiger partial charge in [-0.2, -0.15) is 0 Å². The molecule has 0 radical (unpaired) electrons. The van der Waals surface area contributed by atoms with Crippen LogP contribution in [0.1, 0.15) is 43.7 Å². The highest BCUT2D eigenvalue weighted by molar-refractivity contribution is 5.38. The lowest BCUT2D eigenvalue weighted by molar-refractivity contribution is 0.123. The van der Waals surface area contributed by atoms with Gasteiger partial charge in [-0.25, -0.2) is 0 Å². The molecule has 2 rings (SSSR count). The molecule has 1 aliphatic rings. The Balaban J connectivity index is 2.15. The fraction of sp³-hybridized carbons (Fsp3) is 0.500. The molecule has 0 amide bonds. The fourth-order valence-electron chi connectivity index (χ4n) is 2.49. The summed E-state index contributed by atoms with van der Waals surface area (Å²) in [4.78, 5) is 0. The molecule has 0 saturated carbocycles. The van der Waals surface area contributed by atoms with Crippen molar-refractivity contribution in [2.75, 3.05) is 13.1 Å². The van der Waals surface area contributed by atoms with Crippen molar-refractivity contribution in [3.63, 3.8) is 0 Å². The Labute approximate surface area is 116 Å². The number of likely N-dealkylation sites (N-methyl/N-ethyl adjacent to an activating group) is 1. The molecule has 3 heteroatoms. The predicted octanol–water partition coefficient (Wildman–Crippen LogP) is 2.88. The maximum Gasteiger partial charge on any atom is 0.196 e. The quantitative estimate of drug-likeness (QED) is 0.825. The molecule has 0 spiro atoms. The van der Waals surface area contributed by atoms with Gasteiger partial charge in [0.05, 0.1) is 6.54 Å². The third-order valence-electron chi connectivity index (χ3n) is 3.52. The first-order chi connectivity index (χ1) is 9.30. The molecule has 0 fully saturated rings. The smallest absolute Gasteiger partial charge is 0.196 e. The molecule has 0 aliphatic carbocycles. The Morgan fingerprint density at radius 3 is 2.42 bits per heavy atom. The zero-order valence-corrected chi connectivity index (χ0v) is 12.1. The number of hydrogen-bond acceptors (Lipinski definition) is 3. The van der Waals surface area contributed by atoms with Crippen LogP contribution in [0.15, 0.2) is 30.2 Å². The first-order valence-corrected chi connectivity index (χ1v) is 7.23. The van der Waals surface area contributed by atoms with Crippen LogP contribution in [0.25, 0.3) is 0 Å². The van der Waals surface area contributed by atoms with E-state index in [0.29, 0.717) is 0 Å². The monoisotopic (exact) mass is 260 g/mol. The number of rotatable bonds is 6. The third-order valence-corrected chi connectivity index (χ3v) is 3.52. The molecule has 2 N–H and O–H groups in total. The second-order valence-electron chi connectivity index (χ2n) is 4.75. The van der Waals surface area contributed by atoms with E-state index in [4.69, 9.17) is 4.74 Å². The molecule has 0 saturated heterocycles. The van der Waals surface area contributed by atoms with Gasteiger partial charge in [0.1, 0.15) is 5.76 Å². The Kier molecular flexibility index (Phi) is 4.86. The van der Waals surface area contributed by atoms with E-state index in [1.54, 1.807) is 0 Å². The van der Waals surface area contributed by atoms with Gasteiger partial charge in [-0.3, -0.25) is 0 Å². The summed E-state index contributed by atoms with van der Waals surface area (Å²) in [6.07, 6.45) is 4.03. The molecule has 0 bridgehead atoms. The lowest BCUT2D eigenvalue weighted by Crippen LogP contribution is -2.18.